The first-order valence-corrected chi connectivity index (χ1v) is 12.2. The molecule has 1 atom stereocenters. The standard InChI is InChI=1S/C11H23O5PS2/c1-3-15-17(14,16-4-2)19(10-7-11(12)13)9-6-5-8-18-19/h3-10H2,1-2H3,(H,12,13). The summed E-state index contributed by atoms with van der Waals surface area (Å²) >= 11 is 0. The van der Waals surface area contributed by atoms with E-state index in [1.54, 1.807) is 24.6 Å². The smallest absolute Gasteiger partial charge is 0.380 e. The fourth-order valence-corrected chi connectivity index (χ4v) is 15.2. The topological polar surface area (TPSA) is 72.8 Å². The van der Waals surface area contributed by atoms with Crippen molar-refractivity contribution in [1.82, 2.24) is 0 Å². The van der Waals surface area contributed by atoms with Crippen molar-refractivity contribution in [2.24, 2.45) is 0 Å². The van der Waals surface area contributed by atoms with Gasteiger partial charge in [-0.15, -0.1) is 10.8 Å². The molecule has 0 radical (unpaired) electrons. The Morgan fingerprint density at radius 1 is 1.32 bits per heavy atom. The molecule has 0 aromatic rings. The highest BCUT2D eigenvalue weighted by Crippen LogP contribution is 2.89. The molecule has 1 rings (SSSR count). The van der Waals surface area contributed by atoms with E-state index in [-0.39, 0.29) is 6.42 Å². The number of rotatable bonds is 8. The molecule has 19 heavy (non-hydrogen) atoms. The number of hydrogen-bond acceptors (Lipinski definition) is 5. The molecule has 0 saturated carbocycles. The van der Waals surface area contributed by atoms with Crippen LogP contribution in [0.3, 0.4) is 0 Å². The van der Waals surface area contributed by atoms with Crippen molar-refractivity contribution in [2.75, 3.05) is 30.5 Å². The van der Waals surface area contributed by atoms with E-state index < -0.39 is 21.4 Å². The van der Waals surface area contributed by atoms with E-state index in [2.05, 4.69) is 0 Å². The molecule has 114 valence electrons. The molecule has 1 aliphatic rings. The van der Waals surface area contributed by atoms with E-state index in [4.69, 9.17) is 14.2 Å². The SMILES string of the molecule is CCOP(=O)(OCC)S1(CCC(=O)O)CCCCS1. The van der Waals surface area contributed by atoms with Crippen molar-refractivity contribution in [3.63, 3.8) is 0 Å². The molecule has 0 aliphatic carbocycles. The average molecular weight is 330 g/mol. The molecule has 1 unspecified atom stereocenters. The number of carboxylic acids is 1. The zero-order chi connectivity index (χ0) is 14.4. The Kier molecular flexibility index (Phi) is 7.25. The molecule has 5 nitrogen and oxygen atoms in total. The summed E-state index contributed by atoms with van der Waals surface area (Å²) in [6, 6.07) is 0. The lowest BCUT2D eigenvalue weighted by Gasteiger charge is -2.45. The Morgan fingerprint density at radius 2 is 1.95 bits per heavy atom. The van der Waals surface area contributed by atoms with Crippen molar-refractivity contribution < 1.29 is 23.5 Å². The quantitative estimate of drug-likeness (QED) is 0.538. The lowest BCUT2D eigenvalue weighted by atomic mass is 10.4. The minimum Gasteiger partial charge on any atom is -0.481 e. The van der Waals surface area contributed by atoms with E-state index in [9.17, 15) is 9.36 Å². The molecule has 0 aromatic carbocycles. The van der Waals surface area contributed by atoms with Crippen LogP contribution in [0.4, 0.5) is 0 Å². The second kappa shape index (κ2) is 7.93. The average Bonchev–Trinajstić information content (AvgIpc) is 2.38. The molecule has 0 amide bonds. The summed E-state index contributed by atoms with van der Waals surface area (Å²) < 4.78 is 24.1. The van der Waals surface area contributed by atoms with Crippen LogP contribution in [0.15, 0.2) is 0 Å². The summed E-state index contributed by atoms with van der Waals surface area (Å²) in [5, 5.41) is 8.92. The fraction of sp³-hybridized carbons (Fsp3) is 0.909. The first-order valence-electron chi connectivity index (χ1n) is 6.54. The summed E-state index contributed by atoms with van der Waals surface area (Å²) in [5.74, 6) is 1.27. The van der Waals surface area contributed by atoms with Gasteiger partial charge in [0.05, 0.1) is 19.6 Å². The third kappa shape index (κ3) is 4.39. The van der Waals surface area contributed by atoms with Crippen molar-refractivity contribution >= 4 is 32.2 Å². The molecule has 1 N–H and O–H groups in total. The van der Waals surface area contributed by atoms with Gasteiger partial charge >= 0.3 is 12.8 Å². The number of aliphatic carboxylic acids is 1. The third-order valence-electron chi connectivity index (χ3n) is 2.78. The van der Waals surface area contributed by atoms with Crippen LogP contribution >= 0.6 is 26.3 Å². The van der Waals surface area contributed by atoms with Crippen molar-refractivity contribution in [2.45, 2.75) is 33.1 Å². The van der Waals surface area contributed by atoms with Crippen molar-refractivity contribution in [1.29, 1.82) is 0 Å². The first-order chi connectivity index (χ1) is 8.99. The molecule has 8 heteroatoms. The van der Waals surface area contributed by atoms with Gasteiger partial charge in [0.15, 0.2) is 0 Å². The Bertz CT molecular complexity index is 334. The highest BCUT2D eigenvalue weighted by atomic mass is 33.4. The summed E-state index contributed by atoms with van der Waals surface area (Å²) in [4.78, 5) is 10.9. The second-order valence-electron chi connectivity index (χ2n) is 4.14. The highest BCUT2D eigenvalue weighted by Gasteiger charge is 2.47. The van der Waals surface area contributed by atoms with Gasteiger partial charge in [-0.25, -0.2) is 4.57 Å². The Labute approximate surface area is 119 Å². The van der Waals surface area contributed by atoms with Crippen LogP contribution in [-0.4, -0.2) is 41.5 Å². The van der Waals surface area contributed by atoms with Gasteiger partial charge in [-0.2, -0.15) is 0 Å². The largest absolute Gasteiger partial charge is 0.481 e. The Hall–Kier alpha value is 0.320. The maximum atomic E-state index is 13.1. The maximum absolute atomic E-state index is 13.1. The molecule has 0 aromatic heterocycles. The Balaban J connectivity index is 2.97. The van der Waals surface area contributed by atoms with Gasteiger partial charge < -0.3 is 14.2 Å². The van der Waals surface area contributed by atoms with Gasteiger partial charge in [0.25, 0.3) is 0 Å². The Morgan fingerprint density at radius 3 is 2.37 bits per heavy atom. The summed E-state index contributed by atoms with van der Waals surface area (Å²) in [7, 11) is -0.0640. The predicted molar refractivity (Wildman–Crippen MR) is 82.1 cm³/mol. The van der Waals surface area contributed by atoms with Crippen LogP contribution in [0.5, 0.6) is 0 Å². The van der Waals surface area contributed by atoms with Gasteiger partial charge in [0, 0.05) is 11.5 Å². The predicted octanol–water partition coefficient (Wildman–Crippen LogP) is 3.89. The van der Waals surface area contributed by atoms with Gasteiger partial charge in [-0.3, -0.25) is 4.79 Å². The van der Waals surface area contributed by atoms with E-state index in [1.165, 1.54) is 0 Å². The number of carbonyl (C=O) groups is 1. The molecular weight excluding hydrogens is 307 g/mol. The van der Waals surface area contributed by atoms with Gasteiger partial charge in [-0.1, -0.05) is 8.68 Å². The van der Waals surface area contributed by atoms with Crippen LogP contribution in [-0.2, 0) is 18.4 Å². The molecule has 1 aliphatic heterocycles. The highest BCUT2D eigenvalue weighted by molar-refractivity contribution is 9.15. The van der Waals surface area contributed by atoms with Crippen LogP contribution in [0.1, 0.15) is 33.1 Å². The molecule has 0 bridgehead atoms. The minimum atomic E-state index is -3.20. The van der Waals surface area contributed by atoms with Crippen LogP contribution in [0.25, 0.3) is 0 Å². The van der Waals surface area contributed by atoms with Gasteiger partial charge in [0.1, 0.15) is 0 Å². The van der Waals surface area contributed by atoms with Gasteiger partial charge in [-0.05, 0) is 32.4 Å². The second-order valence-corrected chi connectivity index (χ2v) is 15.4. The van der Waals surface area contributed by atoms with Gasteiger partial charge in [0.2, 0.25) is 0 Å². The van der Waals surface area contributed by atoms with Crippen LogP contribution in [0.2, 0.25) is 0 Å². The zero-order valence-electron chi connectivity index (χ0n) is 11.5. The van der Waals surface area contributed by atoms with E-state index in [0.29, 0.717) is 19.0 Å². The summed E-state index contributed by atoms with van der Waals surface area (Å²) in [5.41, 5.74) is 0. The zero-order valence-corrected chi connectivity index (χ0v) is 14.0. The lowest BCUT2D eigenvalue weighted by molar-refractivity contribution is -0.136. The molecule has 1 fully saturated rings. The van der Waals surface area contributed by atoms with E-state index in [1.807, 2.05) is 0 Å². The number of carboxylic acid groups (broad SMARTS) is 1. The van der Waals surface area contributed by atoms with E-state index >= 15 is 0 Å². The third-order valence-corrected chi connectivity index (χ3v) is 17.0. The monoisotopic (exact) mass is 330 g/mol. The molecule has 1 heterocycles. The van der Waals surface area contributed by atoms with Crippen LogP contribution < -0.4 is 0 Å². The van der Waals surface area contributed by atoms with E-state index in [0.717, 1.165) is 24.3 Å². The first kappa shape index (κ1) is 17.4. The molecule has 0 spiro atoms. The normalized spacial score (nSPS) is 27.7. The van der Waals surface area contributed by atoms with Crippen molar-refractivity contribution in [3.8, 4) is 0 Å². The number of hydrogen-bond donors (Lipinski definition) is 1. The minimum absolute atomic E-state index is 0.0342. The molecule has 1 saturated heterocycles. The molecular formula is C11H23O5PS2. The maximum Gasteiger partial charge on any atom is 0.380 e. The van der Waals surface area contributed by atoms with Crippen LogP contribution in [0, 0.1) is 0 Å². The summed E-state index contributed by atoms with van der Waals surface area (Å²) in [6.45, 7) is 1.06. The fourth-order valence-electron chi connectivity index (χ4n) is 1.94. The lowest BCUT2D eigenvalue weighted by Crippen LogP contribution is -2.17. The summed E-state index contributed by atoms with van der Waals surface area (Å²) in [6.07, 6.45) is 2.10. The van der Waals surface area contributed by atoms with Crippen molar-refractivity contribution in [3.05, 3.63) is 0 Å².